The van der Waals surface area contributed by atoms with Crippen LogP contribution >= 0.6 is 0 Å². The van der Waals surface area contributed by atoms with E-state index in [0.29, 0.717) is 19.9 Å². The van der Waals surface area contributed by atoms with Crippen LogP contribution in [-0.4, -0.2) is 84.4 Å². The van der Waals surface area contributed by atoms with Gasteiger partial charge >= 0.3 is 11.9 Å². The molecule has 0 saturated carbocycles. The number of methoxy groups -OCH3 is 2. The van der Waals surface area contributed by atoms with Gasteiger partial charge in [-0.3, -0.25) is 9.59 Å². The zero-order valence-electron chi connectivity index (χ0n) is 33.7. The lowest BCUT2D eigenvalue weighted by Crippen LogP contribution is -2.53. The summed E-state index contributed by atoms with van der Waals surface area (Å²) >= 11 is -1.33. The van der Waals surface area contributed by atoms with E-state index in [1.165, 1.54) is 14.2 Å². The Hall–Kier alpha value is -2.06. The highest BCUT2D eigenvalue weighted by molar-refractivity contribution is 7.90. The van der Waals surface area contributed by atoms with Crippen LogP contribution in [0.4, 0.5) is 0 Å². The minimum atomic E-state index is -1.33. The number of aromatic nitrogens is 4. The molecule has 4 rings (SSSR count). The van der Waals surface area contributed by atoms with Crippen molar-refractivity contribution in [1.82, 2.24) is 24.3 Å². The summed E-state index contributed by atoms with van der Waals surface area (Å²) in [5.74, 6) is -0.602. The Labute approximate surface area is 316 Å². The first-order chi connectivity index (χ1) is 24.1. The maximum absolute atomic E-state index is 12.9. The molecule has 52 heavy (non-hydrogen) atoms. The fraction of sp³-hybridized carbons (Fsp3) is 0.778. The van der Waals surface area contributed by atoms with Gasteiger partial charge in [0.25, 0.3) is 0 Å². The van der Waals surface area contributed by atoms with Gasteiger partial charge < -0.3 is 29.2 Å². The Kier molecular flexibility index (Phi) is 15.8. The summed E-state index contributed by atoms with van der Waals surface area (Å²) in [6.45, 7) is 22.1. The van der Waals surface area contributed by atoms with E-state index in [0.717, 1.165) is 79.9 Å². The molecule has 296 valence electrons. The Morgan fingerprint density at radius 3 is 1.79 bits per heavy atom. The number of rotatable bonds is 16. The van der Waals surface area contributed by atoms with E-state index >= 15 is 0 Å². The highest BCUT2D eigenvalue weighted by atomic mass is 32.2. The van der Waals surface area contributed by atoms with Gasteiger partial charge in [0.05, 0.1) is 45.0 Å². The van der Waals surface area contributed by atoms with Gasteiger partial charge in [-0.2, -0.15) is 10.2 Å². The molecule has 2 heterocycles. The molecule has 0 bridgehead atoms. The SMILES string of the molecule is COC(=O)C[C@@]1(N)CCCc2c1cnn2COCC[Si](C)(C)C.COC(=O)C[C@@]1(N[S+]([O-])C(C)(C)C)CCCc2c1cnn2COCC[Si](C)(C)C. The molecule has 2 aliphatic rings. The van der Waals surface area contributed by atoms with Crippen molar-refractivity contribution < 1.29 is 33.1 Å². The molecule has 13 nitrogen and oxygen atoms in total. The van der Waals surface area contributed by atoms with Crippen molar-refractivity contribution in [2.24, 2.45) is 5.73 Å². The number of hydrogen-bond acceptors (Lipinski definition) is 11. The summed E-state index contributed by atoms with van der Waals surface area (Å²) in [6.07, 6.45) is 8.99. The number of carbonyl (C=O) groups excluding carboxylic acids is 2. The molecule has 2 aliphatic carbocycles. The molecular weight excluding hydrogens is 717 g/mol. The van der Waals surface area contributed by atoms with Crippen LogP contribution in [0.3, 0.4) is 0 Å². The monoisotopic (exact) mass is 782 g/mol. The number of fused-ring (bicyclic) bond motifs is 2. The Balaban J connectivity index is 0.000000288. The van der Waals surface area contributed by atoms with Crippen molar-refractivity contribution in [1.29, 1.82) is 0 Å². The van der Waals surface area contributed by atoms with E-state index in [4.69, 9.17) is 24.7 Å². The van der Waals surface area contributed by atoms with Crippen LogP contribution in [0.25, 0.3) is 0 Å². The Morgan fingerprint density at radius 1 is 0.846 bits per heavy atom. The van der Waals surface area contributed by atoms with Gasteiger partial charge in [-0.1, -0.05) is 39.3 Å². The van der Waals surface area contributed by atoms with Gasteiger partial charge in [0.2, 0.25) is 0 Å². The number of nitrogens with zero attached hydrogens (tertiary/aromatic N) is 4. The number of ether oxygens (including phenoxy) is 4. The highest BCUT2D eigenvalue weighted by Crippen LogP contribution is 2.40. The molecule has 1 unspecified atom stereocenters. The number of nitrogens with one attached hydrogen (secondary N) is 1. The highest BCUT2D eigenvalue weighted by Gasteiger charge is 2.46. The minimum absolute atomic E-state index is 0.125. The van der Waals surface area contributed by atoms with Crippen LogP contribution in [0.5, 0.6) is 0 Å². The molecule has 16 heteroatoms. The third-order valence-corrected chi connectivity index (χ3v) is 14.7. The van der Waals surface area contributed by atoms with Crippen molar-refractivity contribution in [3.8, 4) is 0 Å². The Bertz CT molecular complexity index is 1470. The van der Waals surface area contributed by atoms with E-state index < -0.39 is 43.3 Å². The van der Waals surface area contributed by atoms with Gasteiger partial charge in [0, 0.05) is 63.2 Å². The molecule has 2 aromatic rings. The zero-order chi connectivity index (χ0) is 39.0. The van der Waals surface area contributed by atoms with Crippen LogP contribution in [0.1, 0.15) is 81.8 Å². The van der Waals surface area contributed by atoms with Crippen LogP contribution in [0.15, 0.2) is 12.4 Å². The third-order valence-electron chi connectivity index (χ3n) is 9.63. The first kappa shape index (κ1) is 44.3. The molecule has 0 amide bonds. The lowest BCUT2D eigenvalue weighted by molar-refractivity contribution is -0.143. The predicted molar refractivity (Wildman–Crippen MR) is 210 cm³/mol. The standard InChI is InChI=1S/C20H37N3O4SSi.C16H29N3O3Si/c1-19(2,3)28(25)22-20(13-18(24)26-4)10-8-9-17-16(20)14-21-23(17)15-27-11-12-29(5,6)7;1-21-15(20)10-16(17)7-5-6-14-13(16)11-18-19(14)12-22-8-9-23(2,3)4/h14,22H,8-13,15H2,1-7H3;11H,5-10,12,17H2,1-4H3/t20-,28?;16-/m00/s1. The number of hydrogen-bond donors (Lipinski definition) is 2. The van der Waals surface area contributed by atoms with E-state index in [-0.39, 0.29) is 24.8 Å². The largest absolute Gasteiger partial charge is 0.598 e. The van der Waals surface area contributed by atoms with Crippen molar-refractivity contribution in [2.75, 3.05) is 27.4 Å². The van der Waals surface area contributed by atoms with Crippen molar-refractivity contribution in [3.63, 3.8) is 0 Å². The summed E-state index contributed by atoms with van der Waals surface area (Å²) in [4.78, 5) is 23.9. The van der Waals surface area contributed by atoms with E-state index in [2.05, 4.69) is 54.2 Å². The van der Waals surface area contributed by atoms with Crippen LogP contribution in [0.2, 0.25) is 51.4 Å². The quantitative estimate of drug-likeness (QED) is 0.0943. The van der Waals surface area contributed by atoms with Crippen LogP contribution in [-0.2, 0) is 77.3 Å². The van der Waals surface area contributed by atoms with Crippen LogP contribution in [0, 0.1) is 0 Å². The summed E-state index contributed by atoms with van der Waals surface area (Å²) in [5, 5.41) is 8.97. The molecule has 2 aromatic heterocycles. The lowest BCUT2D eigenvalue weighted by Gasteiger charge is -2.39. The maximum atomic E-state index is 12.9. The average molecular weight is 783 g/mol. The van der Waals surface area contributed by atoms with Gasteiger partial charge in [-0.15, -0.1) is 4.72 Å². The van der Waals surface area contributed by atoms with Crippen molar-refractivity contribution >= 4 is 39.4 Å². The van der Waals surface area contributed by atoms with E-state index in [9.17, 15) is 14.1 Å². The van der Waals surface area contributed by atoms with Gasteiger partial charge in [0.1, 0.15) is 23.7 Å². The molecular formula is C36H66N6O7SSi2. The first-order valence-electron chi connectivity index (χ1n) is 18.5. The van der Waals surface area contributed by atoms with Gasteiger partial charge in [0.15, 0.2) is 0 Å². The second-order valence-corrected chi connectivity index (χ2v) is 30.8. The molecule has 0 aliphatic heterocycles. The second-order valence-electron chi connectivity index (χ2n) is 17.6. The average Bonchev–Trinajstić information content (AvgIpc) is 3.66. The summed E-state index contributed by atoms with van der Waals surface area (Å²) in [6, 6.07) is 2.24. The van der Waals surface area contributed by atoms with Gasteiger partial charge in [-0.05, 0) is 71.4 Å². The predicted octanol–water partition coefficient (Wildman–Crippen LogP) is 5.59. The summed E-state index contributed by atoms with van der Waals surface area (Å²) in [5.41, 5.74) is 9.11. The third kappa shape index (κ3) is 12.8. The van der Waals surface area contributed by atoms with E-state index in [1.807, 2.05) is 30.1 Å². The molecule has 0 saturated heterocycles. The number of carbonyl (C=O) groups is 2. The van der Waals surface area contributed by atoms with Gasteiger partial charge in [-0.25, -0.2) is 9.36 Å². The Morgan fingerprint density at radius 2 is 1.31 bits per heavy atom. The number of nitrogens with two attached hydrogens (primary N) is 1. The normalized spacial score (nSPS) is 21.0. The fourth-order valence-corrected chi connectivity index (χ4v) is 8.79. The minimum Gasteiger partial charge on any atom is -0.598 e. The zero-order valence-corrected chi connectivity index (χ0v) is 36.5. The molecule has 3 N–H and O–H groups in total. The van der Waals surface area contributed by atoms with Crippen LogP contribution < -0.4 is 10.5 Å². The molecule has 3 atom stereocenters. The van der Waals surface area contributed by atoms with Crippen molar-refractivity contribution in [2.45, 2.75) is 153 Å². The molecule has 0 radical (unpaired) electrons. The molecule has 0 spiro atoms. The lowest BCUT2D eigenvalue weighted by atomic mass is 9.78. The second kappa shape index (κ2) is 18.5. The summed E-state index contributed by atoms with van der Waals surface area (Å²) in [7, 11) is 0.560. The topological polar surface area (TPSA) is 168 Å². The number of esters is 2. The first-order valence-corrected chi connectivity index (χ1v) is 27.1. The van der Waals surface area contributed by atoms with Crippen molar-refractivity contribution in [3.05, 3.63) is 34.9 Å². The fourth-order valence-electron chi connectivity index (χ4n) is 6.33. The molecule has 0 fully saturated rings. The summed E-state index contributed by atoms with van der Waals surface area (Å²) < 4.78 is 40.9. The maximum Gasteiger partial charge on any atom is 0.307 e. The molecule has 0 aromatic carbocycles. The smallest absolute Gasteiger partial charge is 0.307 e. The van der Waals surface area contributed by atoms with E-state index in [1.54, 1.807) is 12.4 Å².